The highest BCUT2D eigenvalue weighted by Crippen LogP contribution is 2.25. The van der Waals surface area contributed by atoms with Crippen molar-refractivity contribution in [1.82, 2.24) is 0 Å². The number of methoxy groups -OCH3 is 2. The van der Waals surface area contributed by atoms with Gasteiger partial charge in [0.2, 0.25) is 0 Å². The molecule has 0 N–H and O–H groups in total. The van der Waals surface area contributed by atoms with Crippen molar-refractivity contribution in [2.45, 2.75) is 39.0 Å². The van der Waals surface area contributed by atoms with Crippen LogP contribution in [-0.2, 0) is 0 Å². The maximum Gasteiger partial charge on any atom is 0.166 e. The van der Waals surface area contributed by atoms with Crippen LogP contribution in [0.4, 0.5) is 0 Å². The SMILES string of the molecule is CCCCCCC(=O)c1cc(OC)ccc1OC. The summed E-state index contributed by atoms with van der Waals surface area (Å²) in [4.78, 5) is 12.1. The average Bonchev–Trinajstić information content (AvgIpc) is 2.42. The zero-order valence-corrected chi connectivity index (χ0v) is 11.5. The van der Waals surface area contributed by atoms with Gasteiger partial charge in [0, 0.05) is 6.42 Å². The molecule has 100 valence electrons. The van der Waals surface area contributed by atoms with Gasteiger partial charge in [0.05, 0.1) is 19.8 Å². The molecule has 3 nitrogen and oxygen atoms in total. The Bertz CT molecular complexity index is 385. The van der Waals surface area contributed by atoms with E-state index in [1.807, 2.05) is 0 Å². The van der Waals surface area contributed by atoms with Gasteiger partial charge in [0.15, 0.2) is 5.78 Å². The fourth-order valence-corrected chi connectivity index (χ4v) is 1.88. The highest BCUT2D eigenvalue weighted by molar-refractivity contribution is 5.99. The molecule has 0 saturated heterocycles. The Hall–Kier alpha value is -1.51. The quantitative estimate of drug-likeness (QED) is 0.519. The van der Waals surface area contributed by atoms with Crippen molar-refractivity contribution in [3.8, 4) is 11.5 Å². The van der Waals surface area contributed by atoms with E-state index in [9.17, 15) is 4.79 Å². The largest absolute Gasteiger partial charge is 0.497 e. The zero-order chi connectivity index (χ0) is 13.4. The molecule has 0 radical (unpaired) electrons. The predicted octanol–water partition coefficient (Wildman–Crippen LogP) is 3.86. The second-order valence-electron chi connectivity index (χ2n) is 4.30. The fourth-order valence-electron chi connectivity index (χ4n) is 1.88. The molecule has 0 atom stereocenters. The maximum atomic E-state index is 12.1. The molecule has 1 aromatic rings. The van der Waals surface area contributed by atoms with Crippen LogP contribution in [0.5, 0.6) is 11.5 Å². The molecule has 0 bridgehead atoms. The van der Waals surface area contributed by atoms with E-state index in [0.717, 1.165) is 12.8 Å². The number of carbonyl (C=O) groups excluding carboxylic acids is 1. The first-order valence-electron chi connectivity index (χ1n) is 6.48. The van der Waals surface area contributed by atoms with Crippen LogP contribution in [0.15, 0.2) is 18.2 Å². The van der Waals surface area contributed by atoms with Crippen molar-refractivity contribution in [2.24, 2.45) is 0 Å². The lowest BCUT2D eigenvalue weighted by molar-refractivity contribution is 0.0976. The first-order chi connectivity index (χ1) is 8.72. The molecule has 0 spiro atoms. The Morgan fingerprint density at radius 1 is 1.11 bits per heavy atom. The molecule has 18 heavy (non-hydrogen) atoms. The van der Waals surface area contributed by atoms with E-state index < -0.39 is 0 Å². The van der Waals surface area contributed by atoms with Gasteiger partial charge in [-0.1, -0.05) is 26.2 Å². The van der Waals surface area contributed by atoms with E-state index in [2.05, 4.69) is 6.92 Å². The lowest BCUT2D eigenvalue weighted by atomic mass is 10.0. The van der Waals surface area contributed by atoms with Gasteiger partial charge in [0.1, 0.15) is 11.5 Å². The third kappa shape index (κ3) is 4.06. The molecule has 0 saturated carbocycles. The summed E-state index contributed by atoms with van der Waals surface area (Å²) in [5.41, 5.74) is 0.619. The molecule has 0 aromatic heterocycles. The minimum Gasteiger partial charge on any atom is -0.497 e. The molecule has 1 rings (SSSR count). The van der Waals surface area contributed by atoms with Gasteiger partial charge in [-0.25, -0.2) is 0 Å². The lowest BCUT2D eigenvalue weighted by Gasteiger charge is -2.09. The number of hydrogen-bond acceptors (Lipinski definition) is 3. The zero-order valence-electron chi connectivity index (χ0n) is 11.5. The Kier molecular flexibility index (Phi) is 6.26. The Labute approximate surface area is 109 Å². The van der Waals surface area contributed by atoms with Crippen LogP contribution in [0.1, 0.15) is 49.4 Å². The highest BCUT2D eigenvalue weighted by atomic mass is 16.5. The van der Waals surface area contributed by atoms with Crippen LogP contribution in [0.2, 0.25) is 0 Å². The van der Waals surface area contributed by atoms with Crippen molar-refractivity contribution in [3.63, 3.8) is 0 Å². The summed E-state index contributed by atoms with van der Waals surface area (Å²) in [6.45, 7) is 2.16. The summed E-state index contributed by atoms with van der Waals surface area (Å²) >= 11 is 0. The normalized spacial score (nSPS) is 10.2. The number of rotatable bonds is 8. The van der Waals surface area contributed by atoms with Crippen molar-refractivity contribution in [3.05, 3.63) is 23.8 Å². The molecule has 0 aliphatic rings. The van der Waals surface area contributed by atoms with E-state index in [1.54, 1.807) is 32.4 Å². The Morgan fingerprint density at radius 2 is 1.89 bits per heavy atom. The summed E-state index contributed by atoms with van der Waals surface area (Å²) < 4.78 is 10.4. The minimum absolute atomic E-state index is 0.127. The first-order valence-corrected chi connectivity index (χ1v) is 6.48. The number of carbonyl (C=O) groups is 1. The Balaban J connectivity index is 2.70. The van der Waals surface area contributed by atoms with Crippen LogP contribution in [-0.4, -0.2) is 20.0 Å². The molecule has 1 aromatic carbocycles. The molecule has 0 aliphatic carbocycles. The highest BCUT2D eigenvalue weighted by Gasteiger charge is 2.13. The third-order valence-corrected chi connectivity index (χ3v) is 2.96. The molecule has 0 aliphatic heterocycles. The predicted molar refractivity (Wildman–Crippen MR) is 72.6 cm³/mol. The van der Waals surface area contributed by atoms with Crippen LogP contribution >= 0.6 is 0 Å². The Morgan fingerprint density at radius 3 is 2.50 bits per heavy atom. The second kappa shape index (κ2) is 7.75. The van der Waals surface area contributed by atoms with E-state index in [0.29, 0.717) is 23.5 Å². The van der Waals surface area contributed by atoms with Crippen LogP contribution in [0, 0.1) is 0 Å². The number of unbranched alkanes of at least 4 members (excludes halogenated alkanes) is 3. The minimum atomic E-state index is 0.127. The van der Waals surface area contributed by atoms with Crippen LogP contribution in [0.25, 0.3) is 0 Å². The maximum absolute atomic E-state index is 12.1. The summed E-state index contributed by atoms with van der Waals surface area (Å²) in [7, 11) is 3.17. The topological polar surface area (TPSA) is 35.5 Å². The summed E-state index contributed by atoms with van der Waals surface area (Å²) in [6.07, 6.45) is 4.98. The van der Waals surface area contributed by atoms with Crippen LogP contribution < -0.4 is 9.47 Å². The fraction of sp³-hybridized carbons (Fsp3) is 0.533. The van der Waals surface area contributed by atoms with E-state index in [4.69, 9.17) is 9.47 Å². The molecule has 3 heteroatoms. The van der Waals surface area contributed by atoms with Gasteiger partial charge in [-0.15, -0.1) is 0 Å². The number of hydrogen-bond donors (Lipinski definition) is 0. The van der Waals surface area contributed by atoms with Crippen molar-refractivity contribution in [2.75, 3.05) is 14.2 Å². The molecular formula is C15H22O3. The van der Waals surface area contributed by atoms with Gasteiger partial charge in [0.25, 0.3) is 0 Å². The average molecular weight is 250 g/mol. The summed E-state index contributed by atoms with van der Waals surface area (Å²) in [6, 6.07) is 5.33. The van der Waals surface area contributed by atoms with E-state index in [-0.39, 0.29) is 5.78 Å². The van der Waals surface area contributed by atoms with Crippen molar-refractivity contribution in [1.29, 1.82) is 0 Å². The van der Waals surface area contributed by atoms with Gasteiger partial charge in [-0.3, -0.25) is 4.79 Å². The standard InChI is InChI=1S/C15H22O3/c1-4-5-6-7-8-14(16)13-11-12(17-2)9-10-15(13)18-3/h9-11H,4-8H2,1-3H3. The second-order valence-corrected chi connectivity index (χ2v) is 4.30. The van der Waals surface area contributed by atoms with Crippen LogP contribution in [0.3, 0.4) is 0 Å². The monoisotopic (exact) mass is 250 g/mol. The summed E-state index contributed by atoms with van der Waals surface area (Å²) in [5, 5.41) is 0. The number of ether oxygens (including phenoxy) is 2. The number of benzene rings is 1. The third-order valence-electron chi connectivity index (χ3n) is 2.96. The number of ketones is 1. The van der Waals surface area contributed by atoms with Crippen molar-refractivity contribution >= 4 is 5.78 Å². The van der Waals surface area contributed by atoms with Gasteiger partial charge in [-0.2, -0.15) is 0 Å². The molecule has 0 unspecified atom stereocenters. The lowest BCUT2D eigenvalue weighted by Crippen LogP contribution is -2.03. The van der Waals surface area contributed by atoms with Gasteiger partial charge in [-0.05, 0) is 24.6 Å². The van der Waals surface area contributed by atoms with E-state index >= 15 is 0 Å². The smallest absolute Gasteiger partial charge is 0.166 e. The van der Waals surface area contributed by atoms with Gasteiger partial charge < -0.3 is 9.47 Å². The molecular weight excluding hydrogens is 228 g/mol. The molecule has 0 amide bonds. The van der Waals surface area contributed by atoms with E-state index in [1.165, 1.54) is 12.8 Å². The summed E-state index contributed by atoms with van der Waals surface area (Å²) in [5.74, 6) is 1.44. The van der Waals surface area contributed by atoms with Gasteiger partial charge >= 0.3 is 0 Å². The molecule has 0 fully saturated rings. The van der Waals surface area contributed by atoms with Crippen molar-refractivity contribution < 1.29 is 14.3 Å². The first kappa shape index (κ1) is 14.6. The number of Topliss-reactive ketones (excluding diaryl/α,β-unsaturated/α-hetero) is 1. The molecule has 0 heterocycles.